The van der Waals surface area contributed by atoms with Gasteiger partial charge in [-0.1, -0.05) is 23.7 Å². The Bertz CT molecular complexity index is 675. The van der Waals surface area contributed by atoms with Crippen molar-refractivity contribution in [2.24, 2.45) is 0 Å². The maximum Gasteiger partial charge on any atom is 0.261 e. The number of hydrogen-bond donors (Lipinski definition) is 0. The van der Waals surface area contributed by atoms with Gasteiger partial charge in [-0.05, 0) is 30.3 Å². The standard InChI is InChI=1S/C15H11ClFNO2/c16-10-5-6-14-13(9-10)18(7-8-20-14)15(19)11-3-1-2-4-12(11)17/h1-6,9H,7-8H2. The summed E-state index contributed by atoms with van der Waals surface area (Å²) in [6.07, 6.45) is 0. The van der Waals surface area contributed by atoms with Crippen molar-refractivity contribution in [3.63, 3.8) is 0 Å². The molecule has 1 aliphatic heterocycles. The molecule has 3 nitrogen and oxygen atoms in total. The van der Waals surface area contributed by atoms with E-state index in [2.05, 4.69) is 0 Å². The van der Waals surface area contributed by atoms with Crippen LogP contribution in [0.25, 0.3) is 0 Å². The normalized spacial score (nSPS) is 13.6. The predicted octanol–water partition coefficient (Wildman–Crippen LogP) is 3.52. The van der Waals surface area contributed by atoms with Gasteiger partial charge in [0.2, 0.25) is 0 Å². The van der Waals surface area contributed by atoms with Crippen molar-refractivity contribution in [3.8, 4) is 5.75 Å². The van der Waals surface area contributed by atoms with Crippen LogP contribution in [0.1, 0.15) is 10.4 Å². The number of carbonyl (C=O) groups excluding carboxylic acids is 1. The minimum Gasteiger partial charge on any atom is -0.490 e. The molecule has 2 aromatic rings. The molecule has 0 aromatic heterocycles. The van der Waals surface area contributed by atoms with E-state index in [1.165, 1.54) is 17.0 Å². The van der Waals surface area contributed by atoms with Gasteiger partial charge in [-0.25, -0.2) is 4.39 Å². The molecule has 0 saturated heterocycles. The van der Waals surface area contributed by atoms with Gasteiger partial charge in [-0.3, -0.25) is 4.79 Å². The molecule has 3 rings (SSSR count). The predicted molar refractivity (Wildman–Crippen MR) is 75.0 cm³/mol. The molecular formula is C15H11ClFNO2. The number of fused-ring (bicyclic) bond motifs is 1. The van der Waals surface area contributed by atoms with E-state index in [9.17, 15) is 9.18 Å². The number of ether oxygens (including phenoxy) is 1. The van der Waals surface area contributed by atoms with Crippen molar-refractivity contribution < 1.29 is 13.9 Å². The van der Waals surface area contributed by atoms with Gasteiger partial charge >= 0.3 is 0 Å². The number of nitrogens with zero attached hydrogens (tertiary/aromatic N) is 1. The number of halogens is 2. The first-order valence-corrected chi connectivity index (χ1v) is 6.53. The third kappa shape index (κ3) is 2.23. The van der Waals surface area contributed by atoms with Gasteiger partial charge in [0.15, 0.2) is 0 Å². The molecule has 0 unspecified atom stereocenters. The van der Waals surface area contributed by atoms with Gasteiger partial charge in [0.05, 0.1) is 17.8 Å². The highest BCUT2D eigenvalue weighted by Crippen LogP contribution is 2.34. The molecule has 0 N–H and O–H groups in total. The Morgan fingerprint density at radius 2 is 2.05 bits per heavy atom. The summed E-state index contributed by atoms with van der Waals surface area (Å²) in [5.41, 5.74) is 0.609. The number of amides is 1. The molecular weight excluding hydrogens is 281 g/mol. The Labute approximate surface area is 120 Å². The van der Waals surface area contributed by atoms with E-state index in [0.717, 1.165) is 0 Å². The van der Waals surface area contributed by atoms with Gasteiger partial charge in [0.25, 0.3) is 5.91 Å². The lowest BCUT2D eigenvalue weighted by Crippen LogP contribution is -2.38. The smallest absolute Gasteiger partial charge is 0.261 e. The van der Waals surface area contributed by atoms with E-state index in [1.807, 2.05) is 0 Å². The Morgan fingerprint density at radius 1 is 1.25 bits per heavy atom. The first kappa shape index (κ1) is 12.9. The van der Waals surface area contributed by atoms with Crippen LogP contribution in [0.4, 0.5) is 10.1 Å². The van der Waals surface area contributed by atoms with Crippen LogP contribution < -0.4 is 9.64 Å². The van der Waals surface area contributed by atoms with E-state index < -0.39 is 11.7 Å². The Balaban J connectivity index is 2.03. The average Bonchev–Trinajstić information content (AvgIpc) is 2.46. The highest BCUT2D eigenvalue weighted by Gasteiger charge is 2.26. The maximum absolute atomic E-state index is 13.7. The average molecular weight is 292 g/mol. The molecule has 2 aromatic carbocycles. The number of anilines is 1. The van der Waals surface area contributed by atoms with Gasteiger partial charge in [-0.2, -0.15) is 0 Å². The molecule has 102 valence electrons. The topological polar surface area (TPSA) is 29.5 Å². The molecule has 1 heterocycles. The van der Waals surface area contributed by atoms with Crippen LogP contribution in [0, 0.1) is 5.82 Å². The van der Waals surface area contributed by atoms with Gasteiger partial charge in [0.1, 0.15) is 18.2 Å². The molecule has 0 spiro atoms. The summed E-state index contributed by atoms with van der Waals surface area (Å²) in [6.45, 7) is 0.731. The zero-order valence-electron chi connectivity index (χ0n) is 10.5. The lowest BCUT2D eigenvalue weighted by Gasteiger charge is -2.29. The molecule has 5 heteroatoms. The quantitative estimate of drug-likeness (QED) is 0.804. The van der Waals surface area contributed by atoms with Crippen LogP contribution in [0.3, 0.4) is 0 Å². The minimum atomic E-state index is -0.535. The first-order chi connectivity index (χ1) is 9.66. The van der Waals surface area contributed by atoms with Crippen molar-refractivity contribution in [1.82, 2.24) is 0 Å². The zero-order valence-corrected chi connectivity index (χ0v) is 11.2. The summed E-state index contributed by atoms with van der Waals surface area (Å²) < 4.78 is 19.2. The minimum absolute atomic E-state index is 0.0420. The molecule has 0 saturated carbocycles. The Hall–Kier alpha value is -2.07. The van der Waals surface area contributed by atoms with Crippen LogP contribution >= 0.6 is 11.6 Å². The Morgan fingerprint density at radius 3 is 2.85 bits per heavy atom. The third-order valence-electron chi connectivity index (χ3n) is 3.13. The highest BCUT2D eigenvalue weighted by atomic mass is 35.5. The maximum atomic E-state index is 13.7. The fourth-order valence-corrected chi connectivity index (χ4v) is 2.35. The van der Waals surface area contributed by atoms with Crippen molar-refractivity contribution in [2.45, 2.75) is 0 Å². The van der Waals surface area contributed by atoms with E-state index in [-0.39, 0.29) is 5.56 Å². The summed E-state index contributed by atoms with van der Waals surface area (Å²) in [5, 5.41) is 0.501. The lowest BCUT2D eigenvalue weighted by molar-refractivity contribution is 0.0972. The number of benzene rings is 2. The molecule has 0 aliphatic carbocycles. The zero-order chi connectivity index (χ0) is 14.1. The van der Waals surface area contributed by atoms with Gasteiger partial charge in [0, 0.05) is 5.02 Å². The fourth-order valence-electron chi connectivity index (χ4n) is 2.18. The van der Waals surface area contributed by atoms with Crippen LogP contribution in [-0.4, -0.2) is 19.1 Å². The number of rotatable bonds is 1. The van der Waals surface area contributed by atoms with E-state index >= 15 is 0 Å². The molecule has 0 fully saturated rings. The molecule has 20 heavy (non-hydrogen) atoms. The Kier molecular flexibility index (Phi) is 3.32. The summed E-state index contributed by atoms with van der Waals surface area (Å²) >= 11 is 5.96. The van der Waals surface area contributed by atoms with Crippen LogP contribution in [0.5, 0.6) is 5.75 Å². The van der Waals surface area contributed by atoms with E-state index in [4.69, 9.17) is 16.3 Å². The molecule has 0 atom stereocenters. The van der Waals surface area contributed by atoms with Gasteiger partial charge in [-0.15, -0.1) is 0 Å². The van der Waals surface area contributed by atoms with Crippen molar-refractivity contribution >= 4 is 23.2 Å². The van der Waals surface area contributed by atoms with Crippen molar-refractivity contribution in [1.29, 1.82) is 0 Å². The van der Waals surface area contributed by atoms with Crippen LogP contribution in [0.2, 0.25) is 5.02 Å². The third-order valence-corrected chi connectivity index (χ3v) is 3.37. The monoisotopic (exact) mass is 291 g/mol. The molecule has 0 radical (unpaired) electrons. The highest BCUT2D eigenvalue weighted by molar-refractivity contribution is 6.31. The second kappa shape index (κ2) is 5.13. The summed E-state index contributed by atoms with van der Waals surface area (Å²) in [7, 11) is 0. The van der Waals surface area contributed by atoms with E-state index in [0.29, 0.717) is 29.6 Å². The van der Waals surface area contributed by atoms with Crippen LogP contribution in [0.15, 0.2) is 42.5 Å². The summed E-state index contributed by atoms with van der Waals surface area (Å²) in [5.74, 6) is -0.354. The molecule has 0 bridgehead atoms. The second-order valence-corrected chi connectivity index (χ2v) is 4.83. The van der Waals surface area contributed by atoms with Crippen LogP contribution in [-0.2, 0) is 0 Å². The van der Waals surface area contributed by atoms with Crippen molar-refractivity contribution in [3.05, 3.63) is 58.9 Å². The number of hydrogen-bond acceptors (Lipinski definition) is 2. The SMILES string of the molecule is O=C(c1ccccc1F)N1CCOc2ccc(Cl)cc21. The van der Waals surface area contributed by atoms with Crippen molar-refractivity contribution in [2.75, 3.05) is 18.1 Å². The first-order valence-electron chi connectivity index (χ1n) is 6.15. The molecule has 1 amide bonds. The van der Waals surface area contributed by atoms with E-state index in [1.54, 1.807) is 30.3 Å². The lowest BCUT2D eigenvalue weighted by atomic mass is 10.1. The summed E-state index contributed by atoms with van der Waals surface area (Å²) in [6, 6.07) is 11.0. The number of carbonyl (C=O) groups is 1. The second-order valence-electron chi connectivity index (χ2n) is 4.40. The largest absolute Gasteiger partial charge is 0.490 e. The van der Waals surface area contributed by atoms with Gasteiger partial charge < -0.3 is 9.64 Å². The molecule has 1 aliphatic rings. The fraction of sp³-hybridized carbons (Fsp3) is 0.133. The summed E-state index contributed by atoms with van der Waals surface area (Å²) in [4.78, 5) is 14.0.